The number of rotatable bonds is 3. The van der Waals surface area contributed by atoms with Crippen LogP contribution in [0.2, 0.25) is 0 Å². The molecule has 4 bridgehead atoms. The molecule has 3 nitrogen and oxygen atoms in total. The molecular formula is C21H28N2O. The molecule has 4 saturated carbocycles. The number of carbonyl (C=O) groups excluding carboxylic acids is 1. The first-order chi connectivity index (χ1) is 11.7. The quantitative estimate of drug-likeness (QED) is 0.927. The summed E-state index contributed by atoms with van der Waals surface area (Å²) < 4.78 is 0. The minimum atomic E-state index is 0.256. The van der Waals surface area contributed by atoms with Crippen LogP contribution in [0.5, 0.6) is 0 Å². The Morgan fingerprint density at radius 3 is 2.38 bits per heavy atom. The van der Waals surface area contributed by atoms with Crippen molar-refractivity contribution in [2.24, 2.45) is 23.7 Å². The molecule has 0 aromatic heterocycles. The first kappa shape index (κ1) is 14.9. The summed E-state index contributed by atoms with van der Waals surface area (Å²) in [4.78, 5) is 15.0. The lowest BCUT2D eigenvalue weighted by Crippen LogP contribution is -2.57. The standard InChI is InChI=1S/C21H28N2O/c24-20(13-23-6-5-16-3-1-2-4-17(16)12-23)22-21-18-8-14-7-15(10-18)11-19(21)9-14/h1-4,14-15,18-19,21H,5-13H2,(H,22,24). The summed E-state index contributed by atoms with van der Waals surface area (Å²) >= 11 is 0. The van der Waals surface area contributed by atoms with Crippen molar-refractivity contribution in [3.63, 3.8) is 0 Å². The molecule has 0 saturated heterocycles. The maximum absolute atomic E-state index is 12.7. The molecule has 3 heteroatoms. The van der Waals surface area contributed by atoms with E-state index in [0.29, 0.717) is 12.6 Å². The molecule has 5 aliphatic rings. The highest BCUT2D eigenvalue weighted by Crippen LogP contribution is 2.53. The van der Waals surface area contributed by atoms with Crippen LogP contribution in [0.4, 0.5) is 0 Å². The Kier molecular flexibility index (Phi) is 3.66. The van der Waals surface area contributed by atoms with Crippen molar-refractivity contribution >= 4 is 5.91 Å². The highest BCUT2D eigenvalue weighted by molar-refractivity contribution is 5.78. The molecule has 4 aliphatic carbocycles. The number of nitrogens with one attached hydrogen (secondary N) is 1. The second-order valence-corrected chi connectivity index (χ2v) is 8.75. The van der Waals surface area contributed by atoms with Gasteiger partial charge in [-0.05, 0) is 73.3 Å². The summed E-state index contributed by atoms with van der Waals surface area (Å²) in [6, 6.07) is 9.13. The molecule has 1 aromatic rings. The first-order valence-corrected chi connectivity index (χ1v) is 9.83. The van der Waals surface area contributed by atoms with Gasteiger partial charge in [-0.3, -0.25) is 9.69 Å². The fraction of sp³-hybridized carbons (Fsp3) is 0.667. The molecule has 128 valence electrons. The van der Waals surface area contributed by atoms with Gasteiger partial charge in [0.25, 0.3) is 0 Å². The zero-order valence-electron chi connectivity index (χ0n) is 14.4. The molecule has 0 atom stereocenters. The number of carbonyl (C=O) groups is 1. The Bertz CT molecular complexity index is 612. The normalized spacial score (nSPS) is 37.2. The fourth-order valence-corrected chi connectivity index (χ4v) is 6.28. The van der Waals surface area contributed by atoms with Crippen LogP contribution in [0.1, 0.15) is 43.2 Å². The highest BCUT2D eigenvalue weighted by atomic mass is 16.2. The van der Waals surface area contributed by atoms with Gasteiger partial charge in [-0.15, -0.1) is 0 Å². The molecule has 0 radical (unpaired) electrons. The van der Waals surface area contributed by atoms with Gasteiger partial charge in [0.15, 0.2) is 0 Å². The molecule has 24 heavy (non-hydrogen) atoms. The van der Waals surface area contributed by atoms with E-state index in [1.807, 2.05) is 0 Å². The number of amides is 1. The molecule has 1 aliphatic heterocycles. The van der Waals surface area contributed by atoms with Gasteiger partial charge in [-0.25, -0.2) is 0 Å². The predicted octanol–water partition coefficient (Wildman–Crippen LogP) is 2.99. The van der Waals surface area contributed by atoms with Crippen LogP contribution in [0, 0.1) is 23.7 Å². The van der Waals surface area contributed by atoms with Crippen molar-refractivity contribution in [1.82, 2.24) is 10.2 Å². The van der Waals surface area contributed by atoms with Crippen LogP contribution in [0.25, 0.3) is 0 Å². The third-order valence-electron chi connectivity index (χ3n) is 7.13. The van der Waals surface area contributed by atoms with Gasteiger partial charge in [0.05, 0.1) is 6.54 Å². The summed E-state index contributed by atoms with van der Waals surface area (Å²) in [5.74, 6) is 3.74. The molecule has 1 aromatic carbocycles. The van der Waals surface area contributed by atoms with E-state index in [0.717, 1.165) is 43.2 Å². The average molecular weight is 324 g/mol. The lowest BCUT2D eigenvalue weighted by atomic mass is 9.54. The van der Waals surface area contributed by atoms with E-state index in [4.69, 9.17) is 0 Å². The number of benzene rings is 1. The average Bonchev–Trinajstić information content (AvgIpc) is 2.57. The van der Waals surface area contributed by atoms with E-state index >= 15 is 0 Å². The van der Waals surface area contributed by atoms with Crippen LogP contribution in [-0.4, -0.2) is 29.9 Å². The van der Waals surface area contributed by atoms with Gasteiger partial charge < -0.3 is 5.32 Å². The lowest BCUT2D eigenvalue weighted by molar-refractivity contribution is -0.126. The van der Waals surface area contributed by atoms with Gasteiger partial charge in [-0.1, -0.05) is 24.3 Å². The van der Waals surface area contributed by atoms with Gasteiger partial charge >= 0.3 is 0 Å². The number of hydrogen-bond donors (Lipinski definition) is 1. The molecule has 1 heterocycles. The van der Waals surface area contributed by atoms with Crippen LogP contribution in [0.3, 0.4) is 0 Å². The molecule has 1 amide bonds. The molecule has 4 fully saturated rings. The Morgan fingerprint density at radius 1 is 1.00 bits per heavy atom. The van der Waals surface area contributed by atoms with Gasteiger partial charge in [0.2, 0.25) is 5.91 Å². The highest BCUT2D eigenvalue weighted by Gasteiger charge is 2.48. The minimum absolute atomic E-state index is 0.256. The Hall–Kier alpha value is -1.35. The maximum Gasteiger partial charge on any atom is 0.234 e. The second kappa shape index (κ2) is 5.87. The summed E-state index contributed by atoms with van der Waals surface area (Å²) in [5.41, 5.74) is 2.85. The van der Waals surface area contributed by atoms with Crippen molar-refractivity contribution in [1.29, 1.82) is 0 Å². The van der Waals surface area contributed by atoms with E-state index in [2.05, 4.69) is 34.5 Å². The van der Waals surface area contributed by atoms with Gasteiger partial charge in [0, 0.05) is 19.1 Å². The minimum Gasteiger partial charge on any atom is -0.352 e. The van der Waals surface area contributed by atoms with E-state index in [1.54, 1.807) is 0 Å². The summed E-state index contributed by atoms with van der Waals surface area (Å²) in [6.45, 7) is 2.49. The molecule has 0 spiro atoms. The van der Waals surface area contributed by atoms with E-state index in [1.165, 1.54) is 43.2 Å². The monoisotopic (exact) mass is 324 g/mol. The fourth-order valence-electron chi connectivity index (χ4n) is 6.28. The van der Waals surface area contributed by atoms with Crippen LogP contribution >= 0.6 is 0 Å². The molecular weight excluding hydrogens is 296 g/mol. The Balaban J connectivity index is 1.20. The first-order valence-electron chi connectivity index (χ1n) is 9.83. The third-order valence-corrected chi connectivity index (χ3v) is 7.13. The lowest BCUT2D eigenvalue weighted by Gasteiger charge is -2.54. The Labute approximate surface area is 144 Å². The van der Waals surface area contributed by atoms with Crippen molar-refractivity contribution in [2.45, 2.75) is 51.1 Å². The van der Waals surface area contributed by atoms with Crippen molar-refractivity contribution in [3.05, 3.63) is 35.4 Å². The number of hydrogen-bond acceptors (Lipinski definition) is 2. The largest absolute Gasteiger partial charge is 0.352 e. The molecule has 1 N–H and O–H groups in total. The summed E-state index contributed by atoms with van der Waals surface area (Å²) in [7, 11) is 0. The SMILES string of the molecule is O=C(CN1CCc2ccccc2C1)NC1C2CC3CC(C2)CC1C3. The summed E-state index contributed by atoms with van der Waals surface area (Å²) in [6.07, 6.45) is 8.02. The molecule has 0 unspecified atom stereocenters. The predicted molar refractivity (Wildman–Crippen MR) is 94.4 cm³/mol. The van der Waals surface area contributed by atoms with E-state index in [9.17, 15) is 4.79 Å². The zero-order chi connectivity index (χ0) is 16.1. The van der Waals surface area contributed by atoms with Gasteiger partial charge in [0.1, 0.15) is 0 Å². The number of fused-ring (bicyclic) bond motifs is 1. The summed E-state index contributed by atoms with van der Waals surface area (Å²) in [5, 5.41) is 3.45. The number of nitrogens with zero attached hydrogens (tertiary/aromatic N) is 1. The topological polar surface area (TPSA) is 32.3 Å². The van der Waals surface area contributed by atoms with Gasteiger partial charge in [-0.2, -0.15) is 0 Å². The second-order valence-electron chi connectivity index (χ2n) is 8.75. The van der Waals surface area contributed by atoms with Crippen molar-refractivity contribution < 1.29 is 4.79 Å². The van der Waals surface area contributed by atoms with E-state index in [-0.39, 0.29) is 5.91 Å². The van der Waals surface area contributed by atoms with Crippen LogP contribution in [0.15, 0.2) is 24.3 Å². The zero-order valence-corrected chi connectivity index (χ0v) is 14.4. The maximum atomic E-state index is 12.7. The third kappa shape index (κ3) is 2.67. The van der Waals surface area contributed by atoms with Crippen LogP contribution in [-0.2, 0) is 17.8 Å². The smallest absolute Gasteiger partial charge is 0.234 e. The van der Waals surface area contributed by atoms with Crippen molar-refractivity contribution in [2.75, 3.05) is 13.1 Å². The Morgan fingerprint density at radius 2 is 1.67 bits per heavy atom. The van der Waals surface area contributed by atoms with Crippen molar-refractivity contribution in [3.8, 4) is 0 Å². The van der Waals surface area contributed by atoms with E-state index < -0.39 is 0 Å². The molecule has 6 rings (SSSR count). The van der Waals surface area contributed by atoms with Crippen LogP contribution < -0.4 is 5.32 Å².